The van der Waals surface area contributed by atoms with Crippen LogP contribution < -0.4 is 5.32 Å². The van der Waals surface area contributed by atoms with Crippen LogP contribution in [0.5, 0.6) is 0 Å². The second-order valence-electron chi connectivity index (χ2n) is 4.35. The molecule has 1 atom stereocenters. The van der Waals surface area contributed by atoms with Gasteiger partial charge in [0, 0.05) is 21.3 Å². The molecule has 104 valence electrons. The largest absolute Gasteiger partial charge is 0.389 e. The van der Waals surface area contributed by atoms with Crippen molar-refractivity contribution in [2.75, 3.05) is 5.32 Å². The average molecular weight is 355 g/mol. The standard InChI is InChI=1S/C15H13BrClNO2/c1-9(19)11-4-2-3-5-14(11)18-15(20)10-6-7-12(16)13(17)8-10/h2-9,19H,1H3,(H,18,20). The fraction of sp³-hybridized carbons (Fsp3) is 0.133. The second kappa shape index (κ2) is 6.39. The lowest BCUT2D eigenvalue weighted by atomic mass is 10.1. The Hall–Kier alpha value is -1.36. The molecule has 0 radical (unpaired) electrons. The number of aliphatic hydroxyl groups is 1. The van der Waals surface area contributed by atoms with Gasteiger partial charge in [-0.1, -0.05) is 29.8 Å². The normalized spacial score (nSPS) is 12.0. The molecule has 0 aromatic heterocycles. The molecule has 2 aromatic carbocycles. The Morgan fingerprint density at radius 1 is 1.30 bits per heavy atom. The number of hydrogen-bond acceptors (Lipinski definition) is 2. The maximum Gasteiger partial charge on any atom is 0.255 e. The maximum absolute atomic E-state index is 12.2. The van der Waals surface area contributed by atoms with Crippen LogP contribution in [0.1, 0.15) is 28.9 Å². The number of carbonyl (C=O) groups is 1. The van der Waals surface area contributed by atoms with E-state index in [1.807, 2.05) is 6.07 Å². The summed E-state index contributed by atoms with van der Waals surface area (Å²) >= 11 is 9.26. The molecule has 5 heteroatoms. The number of aliphatic hydroxyl groups excluding tert-OH is 1. The fourth-order valence-corrected chi connectivity index (χ4v) is 2.23. The van der Waals surface area contributed by atoms with Crippen LogP contribution in [0.15, 0.2) is 46.9 Å². The van der Waals surface area contributed by atoms with E-state index in [2.05, 4.69) is 21.2 Å². The van der Waals surface area contributed by atoms with Crippen LogP contribution in [0.25, 0.3) is 0 Å². The van der Waals surface area contributed by atoms with Crippen LogP contribution in [0, 0.1) is 0 Å². The topological polar surface area (TPSA) is 49.3 Å². The highest BCUT2D eigenvalue weighted by Crippen LogP contribution is 2.25. The molecule has 0 saturated carbocycles. The first kappa shape index (κ1) is 15.0. The highest BCUT2D eigenvalue weighted by molar-refractivity contribution is 9.10. The number of carbonyl (C=O) groups excluding carboxylic acids is 1. The van der Waals surface area contributed by atoms with Gasteiger partial charge in [-0.05, 0) is 47.1 Å². The predicted octanol–water partition coefficient (Wildman–Crippen LogP) is 4.41. The van der Waals surface area contributed by atoms with Gasteiger partial charge in [0.1, 0.15) is 0 Å². The Kier molecular flexibility index (Phi) is 4.81. The SMILES string of the molecule is CC(O)c1ccccc1NC(=O)c1ccc(Br)c(Cl)c1. The van der Waals surface area contributed by atoms with E-state index in [0.717, 1.165) is 4.47 Å². The summed E-state index contributed by atoms with van der Waals surface area (Å²) in [6, 6.07) is 12.1. The number of amides is 1. The van der Waals surface area contributed by atoms with E-state index in [0.29, 0.717) is 21.8 Å². The Labute approximate surface area is 130 Å². The van der Waals surface area contributed by atoms with Crippen molar-refractivity contribution in [3.63, 3.8) is 0 Å². The van der Waals surface area contributed by atoms with Gasteiger partial charge in [-0.3, -0.25) is 4.79 Å². The summed E-state index contributed by atoms with van der Waals surface area (Å²) in [4.78, 5) is 12.2. The third-order valence-corrected chi connectivity index (χ3v) is 4.07. The molecule has 0 heterocycles. The number of anilines is 1. The van der Waals surface area contributed by atoms with Gasteiger partial charge >= 0.3 is 0 Å². The summed E-state index contributed by atoms with van der Waals surface area (Å²) in [5, 5.41) is 12.9. The van der Waals surface area contributed by atoms with Crippen molar-refractivity contribution in [1.82, 2.24) is 0 Å². The van der Waals surface area contributed by atoms with E-state index in [4.69, 9.17) is 11.6 Å². The summed E-state index contributed by atoms with van der Waals surface area (Å²) in [7, 11) is 0. The van der Waals surface area contributed by atoms with Gasteiger partial charge in [-0.25, -0.2) is 0 Å². The first-order chi connectivity index (χ1) is 9.49. The average Bonchev–Trinajstić information content (AvgIpc) is 2.42. The molecule has 0 aliphatic heterocycles. The highest BCUT2D eigenvalue weighted by Gasteiger charge is 2.12. The Morgan fingerprint density at radius 2 is 2.00 bits per heavy atom. The summed E-state index contributed by atoms with van der Waals surface area (Å²) < 4.78 is 0.736. The minimum Gasteiger partial charge on any atom is -0.389 e. The third kappa shape index (κ3) is 3.39. The molecule has 0 bridgehead atoms. The Bertz CT molecular complexity index is 644. The molecule has 2 aromatic rings. The van der Waals surface area contributed by atoms with Crippen molar-refractivity contribution in [3.8, 4) is 0 Å². The number of benzene rings is 2. The van der Waals surface area contributed by atoms with Gasteiger partial charge in [0.25, 0.3) is 5.91 Å². The van der Waals surface area contributed by atoms with Crippen molar-refractivity contribution >= 4 is 39.1 Å². The van der Waals surface area contributed by atoms with Gasteiger partial charge in [0.15, 0.2) is 0 Å². The van der Waals surface area contributed by atoms with Gasteiger partial charge in [0.2, 0.25) is 0 Å². The van der Waals surface area contributed by atoms with Crippen LogP contribution in [-0.4, -0.2) is 11.0 Å². The van der Waals surface area contributed by atoms with Crippen molar-refractivity contribution in [3.05, 3.63) is 63.1 Å². The molecule has 3 nitrogen and oxygen atoms in total. The lowest BCUT2D eigenvalue weighted by molar-refractivity contribution is 0.102. The molecule has 0 fully saturated rings. The van der Waals surface area contributed by atoms with E-state index in [1.165, 1.54) is 0 Å². The predicted molar refractivity (Wildman–Crippen MR) is 84.2 cm³/mol. The molecular formula is C15H13BrClNO2. The molecule has 0 saturated heterocycles. The van der Waals surface area contributed by atoms with E-state index < -0.39 is 6.10 Å². The zero-order valence-electron chi connectivity index (χ0n) is 10.7. The molecule has 0 spiro atoms. The van der Waals surface area contributed by atoms with Crippen molar-refractivity contribution < 1.29 is 9.90 Å². The quantitative estimate of drug-likeness (QED) is 0.858. The number of halogens is 2. The molecule has 20 heavy (non-hydrogen) atoms. The summed E-state index contributed by atoms with van der Waals surface area (Å²) in [5.41, 5.74) is 1.72. The van der Waals surface area contributed by atoms with Crippen LogP contribution in [0.4, 0.5) is 5.69 Å². The van der Waals surface area contributed by atoms with Gasteiger partial charge in [-0.15, -0.1) is 0 Å². The number of rotatable bonds is 3. The van der Waals surface area contributed by atoms with E-state index in [1.54, 1.807) is 43.3 Å². The minimum atomic E-state index is -0.653. The molecule has 1 amide bonds. The Morgan fingerprint density at radius 3 is 2.65 bits per heavy atom. The first-order valence-electron chi connectivity index (χ1n) is 6.02. The molecule has 2 rings (SSSR count). The monoisotopic (exact) mass is 353 g/mol. The van der Waals surface area contributed by atoms with Crippen molar-refractivity contribution in [2.45, 2.75) is 13.0 Å². The number of para-hydroxylation sites is 1. The van der Waals surface area contributed by atoms with Crippen LogP contribution in [0.2, 0.25) is 5.02 Å². The van der Waals surface area contributed by atoms with E-state index in [9.17, 15) is 9.90 Å². The summed E-state index contributed by atoms with van der Waals surface area (Å²) in [5.74, 6) is -0.271. The van der Waals surface area contributed by atoms with Gasteiger partial charge < -0.3 is 10.4 Å². The molecule has 0 aliphatic carbocycles. The minimum absolute atomic E-state index is 0.271. The molecule has 0 aliphatic rings. The van der Waals surface area contributed by atoms with Crippen LogP contribution in [-0.2, 0) is 0 Å². The maximum atomic E-state index is 12.2. The summed E-state index contributed by atoms with van der Waals surface area (Å²) in [6.45, 7) is 1.65. The third-order valence-electron chi connectivity index (χ3n) is 2.84. The molecule has 2 N–H and O–H groups in total. The van der Waals surface area contributed by atoms with Crippen LogP contribution in [0.3, 0.4) is 0 Å². The van der Waals surface area contributed by atoms with Crippen molar-refractivity contribution in [1.29, 1.82) is 0 Å². The zero-order chi connectivity index (χ0) is 14.7. The van der Waals surface area contributed by atoms with Crippen molar-refractivity contribution in [2.24, 2.45) is 0 Å². The number of hydrogen-bond donors (Lipinski definition) is 2. The summed E-state index contributed by atoms with van der Waals surface area (Å²) in [6.07, 6.45) is -0.653. The van der Waals surface area contributed by atoms with Gasteiger partial charge in [-0.2, -0.15) is 0 Å². The Balaban J connectivity index is 2.26. The second-order valence-corrected chi connectivity index (χ2v) is 5.61. The number of nitrogens with one attached hydrogen (secondary N) is 1. The highest BCUT2D eigenvalue weighted by atomic mass is 79.9. The van der Waals surface area contributed by atoms with Gasteiger partial charge in [0.05, 0.1) is 11.1 Å². The van der Waals surface area contributed by atoms with E-state index in [-0.39, 0.29) is 5.91 Å². The first-order valence-corrected chi connectivity index (χ1v) is 7.19. The van der Waals surface area contributed by atoms with E-state index >= 15 is 0 Å². The molecular weight excluding hydrogens is 342 g/mol. The fourth-order valence-electron chi connectivity index (χ4n) is 1.81. The lowest BCUT2D eigenvalue weighted by Gasteiger charge is -2.13. The lowest BCUT2D eigenvalue weighted by Crippen LogP contribution is -2.13. The zero-order valence-corrected chi connectivity index (χ0v) is 13.1. The van der Waals surface area contributed by atoms with Crippen LogP contribution >= 0.6 is 27.5 Å². The smallest absolute Gasteiger partial charge is 0.255 e. The molecule has 1 unspecified atom stereocenters.